The lowest BCUT2D eigenvalue weighted by atomic mass is 10.1. The number of nitrogens with one attached hydrogen (secondary N) is 2. The van der Waals surface area contributed by atoms with Crippen LogP contribution in [-0.2, 0) is 14.4 Å². The fourth-order valence-corrected chi connectivity index (χ4v) is 3.72. The van der Waals surface area contributed by atoms with E-state index in [1.54, 1.807) is 53.4 Å². The highest BCUT2D eigenvalue weighted by Crippen LogP contribution is 2.23. The third kappa shape index (κ3) is 5.84. The number of halogens is 1. The number of nitrogens with zero attached hydrogens (tertiary/aromatic N) is 5. The van der Waals surface area contributed by atoms with Gasteiger partial charge < -0.3 is 15.5 Å². The molecule has 2 N–H and O–H groups in total. The van der Waals surface area contributed by atoms with E-state index in [9.17, 15) is 14.4 Å². The van der Waals surface area contributed by atoms with Crippen LogP contribution in [0.25, 0.3) is 11.8 Å². The van der Waals surface area contributed by atoms with E-state index in [4.69, 9.17) is 11.6 Å². The Morgan fingerprint density at radius 2 is 1.94 bits per heavy atom. The molecule has 0 unspecified atom stereocenters. The Hall–Kier alpha value is -4.05. The molecule has 1 aromatic heterocycles. The molecule has 3 aromatic rings. The number of carbonyl (C=O) groups is 3. The summed E-state index contributed by atoms with van der Waals surface area (Å²) < 4.78 is 1.45. The van der Waals surface area contributed by atoms with Crippen LogP contribution >= 0.6 is 11.6 Å². The number of hydrogen-bond donors (Lipinski definition) is 2. The lowest BCUT2D eigenvalue weighted by Gasteiger charge is -2.26. The third-order valence-electron chi connectivity index (χ3n) is 5.21. The summed E-state index contributed by atoms with van der Waals surface area (Å²) >= 11 is 6.07. The maximum absolute atomic E-state index is 12.2. The van der Waals surface area contributed by atoms with Crippen molar-refractivity contribution in [2.45, 2.75) is 19.3 Å². The molecule has 1 aliphatic rings. The first-order chi connectivity index (χ1) is 16.5. The molecule has 0 spiro atoms. The van der Waals surface area contributed by atoms with Crippen LogP contribution in [0.1, 0.15) is 24.8 Å². The summed E-state index contributed by atoms with van der Waals surface area (Å²) in [6, 6.07) is 12.2. The lowest BCUT2D eigenvalue weighted by molar-refractivity contribution is -0.121. The van der Waals surface area contributed by atoms with E-state index in [2.05, 4.69) is 26.2 Å². The van der Waals surface area contributed by atoms with Gasteiger partial charge >= 0.3 is 0 Å². The predicted molar refractivity (Wildman–Crippen MR) is 127 cm³/mol. The molecule has 0 bridgehead atoms. The van der Waals surface area contributed by atoms with Crippen LogP contribution in [0.3, 0.4) is 0 Å². The summed E-state index contributed by atoms with van der Waals surface area (Å²) in [5, 5.41) is 16.8. The predicted octanol–water partition coefficient (Wildman–Crippen LogP) is 2.60. The monoisotopic (exact) mass is 479 g/mol. The van der Waals surface area contributed by atoms with Gasteiger partial charge in [-0.25, -0.2) is 0 Å². The molecule has 10 nitrogen and oxygen atoms in total. The topological polar surface area (TPSA) is 122 Å². The number of anilines is 2. The minimum absolute atomic E-state index is 0.113. The second-order valence-corrected chi connectivity index (χ2v) is 8.04. The van der Waals surface area contributed by atoms with E-state index in [0.29, 0.717) is 34.9 Å². The Bertz CT molecular complexity index is 1210. The zero-order valence-corrected chi connectivity index (χ0v) is 18.9. The number of piperidine rings is 1. The van der Waals surface area contributed by atoms with Gasteiger partial charge in [0, 0.05) is 41.0 Å². The second kappa shape index (κ2) is 10.7. The highest BCUT2D eigenvalue weighted by molar-refractivity contribution is 6.30. The van der Waals surface area contributed by atoms with E-state index in [-0.39, 0.29) is 18.4 Å². The first-order valence-electron chi connectivity index (χ1n) is 10.7. The van der Waals surface area contributed by atoms with Crippen LogP contribution in [-0.4, -0.2) is 51.0 Å². The van der Waals surface area contributed by atoms with E-state index in [1.165, 1.54) is 17.1 Å². The zero-order valence-electron chi connectivity index (χ0n) is 18.1. The highest BCUT2D eigenvalue weighted by atomic mass is 35.5. The molecule has 0 aliphatic carbocycles. The number of tetrazole rings is 1. The molecule has 1 saturated heterocycles. The van der Waals surface area contributed by atoms with Crippen LogP contribution in [0, 0.1) is 0 Å². The number of amides is 3. The maximum Gasteiger partial charge on any atom is 0.244 e. The molecule has 2 heterocycles. The van der Waals surface area contributed by atoms with Crippen molar-refractivity contribution in [3.05, 3.63) is 65.5 Å². The molecule has 4 rings (SSSR count). The van der Waals surface area contributed by atoms with Gasteiger partial charge in [-0.15, -0.1) is 5.10 Å². The number of rotatable bonds is 7. The van der Waals surface area contributed by atoms with Crippen molar-refractivity contribution >= 4 is 46.8 Å². The summed E-state index contributed by atoms with van der Waals surface area (Å²) in [6.07, 6.45) is 6.76. The normalized spacial score (nSPS) is 13.8. The second-order valence-electron chi connectivity index (χ2n) is 7.61. The fourth-order valence-electron chi connectivity index (χ4n) is 3.54. The van der Waals surface area contributed by atoms with Gasteiger partial charge in [-0.3, -0.25) is 14.4 Å². The minimum atomic E-state index is -0.447. The van der Waals surface area contributed by atoms with E-state index in [1.807, 2.05) is 0 Å². The summed E-state index contributed by atoms with van der Waals surface area (Å²) in [5.74, 6) is -0.709. The Kier molecular flexibility index (Phi) is 7.28. The lowest BCUT2D eigenvalue weighted by Crippen LogP contribution is -2.35. The van der Waals surface area contributed by atoms with Crippen molar-refractivity contribution in [2.24, 2.45) is 0 Å². The Balaban J connectivity index is 1.30. The molecule has 11 heteroatoms. The van der Waals surface area contributed by atoms with E-state index in [0.717, 1.165) is 18.5 Å². The summed E-state index contributed by atoms with van der Waals surface area (Å²) in [4.78, 5) is 38.2. The van der Waals surface area contributed by atoms with Gasteiger partial charge in [-0.05, 0) is 71.8 Å². The number of carbonyl (C=O) groups excluding carboxylic acids is 3. The van der Waals surface area contributed by atoms with E-state index < -0.39 is 5.91 Å². The average Bonchev–Trinajstić information content (AvgIpc) is 3.37. The summed E-state index contributed by atoms with van der Waals surface area (Å²) in [7, 11) is 0. The first-order valence-corrected chi connectivity index (χ1v) is 11.1. The van der Waals surface area contributed by atoms with Crippen molar-refractivity contribution in [3.8, 4) is 5.69 Å². The van der Waals surface area contributed by atoms with Crippen LogP contribution in [0.4, 0.5) is 11.4 Å². The number of benzene rings is 2. The molecule has 0 saturated carbocycles. The first kappa shape index (κ1) is 23.1. The van der Waals surface area contributed by atoms with Crippen molar-refractivity contribution in [2.75, 3.05) is 23.3 Å². The number of hydrogen-bond acceptors (Lipinski definition) is 6. The number of aromatic nitrogens is 4. The molecular weight excluding hydrogens is 458 g/mol. The SMILES string of the molecule is O=C(/C=C/c1cc(Cl)ccc1-n1cnnn1)NCC(=O)Nc1ccc(N2CCCCC2=O)cc1. The quantitative estimate of drug-likeness (QED) is 0.502. The largest absolute Gasteiger partial charge is 0.343 e. The minimum Gasteiger partial charge on any atom is -0.343 e. The molecule has 174 valence electrons. The summed E-state index contributed by atoms with van der Waals surface area (Å²) in [5.41, 5.74) is 2.66. The van der Waals surface area contributed by atoms with Gasteiger partial charge in [-0.1, -0.05) is 11.6 Å². The van der Waals surface area contributed by atoms with Gasteiger partial charge in [0.25, 0.3) is 0 Å². The Labute approximate surface area is 200 Å². The molecule has 0 atom stereocenters. The van der Waals surface area contributed by atoms with Gasteiger partial charge in [0.05, 0.1) is 12.2 Å². The van der Waals surface area contributed by atoms with Gasteiger partial charge in [0.15, 0.2) is 0 Å². The van der Waals surface area contributed by atoms with Gasteiger partial charge in [0.1, 0.15) is 6.33 Å². The van der Waals surface area contributed by atoms with Gasteiger partial charge in [-0.2, -0.15) is 4.68 Å². The van der Waals surface area contributed by atoms with Crippen LogP contribution < -0.4 is 15.5 Å². The molecule has 3 amide bonds. The van der Waals surface area contributed by atoms with Crippen molar-refractivity contribution < 1.29 is 14.4 Å². The molecule has 1 fully saturated rings. The van der Waals surface area contributed by atoms with Crippen molar-refractivity contribution in [1.82, 2.24) is 25.5 Å². The standard InChI is InChI=1S/C23H22ClN7O3/c24-17-5-10-20(31-15-26-28-29-31)16(13-17)4-11-21(32)25-14-22(33)27-18-6-8-19(9-7-18)30-12-2-1-3-23(30)34/h4-11,13,15H,1-3,12,14H2,(H,25,32)(H,27,33)/b11-4+. The molecular formula is C23H22ClN7O3. The van der Waals surface area contributed by atoms with Crippen molar-refractivity contribution in [1.29, 1.82) is 0 Å². The molecule has 2 aromatic carbocycles. The van der Waals surface area contributed by atoms with Gasteiger partial charge in [0.2, 0.25) is 17.7 Å². The Morgan fingerprint density at radius 3 is 2.68 bits per heavy atom. The van der Waals surface area contributed by atoms with Crippen LogP contribution in [0.15, 0.2) is 54.9 Å². The van der Waals surface area contributed by atoms with Crippen LogP contribution in [0.2, 0.25) is 5.02 Å². The van der Waals surface area contributed by atoms with E-state index >= 15 is 0 Å². The maximum atomic E-state index is 12.2. The summed E-state index contributed by atoms with van der Waals surface area (Å²) in [6.45, 7) is 0.501. The highest BCUT2D eigenvalue weighted by Gasteiger charge is 2.19. The smallest absolute Gasteiger partial charge is 0.244 e. The fraction of sp³-hybridized carbons (Fsp3) is 0.217. The third-order valence-corrected chi connectivity index (χ3v) is 5.44. The van der Waals surface area contributed by atoms with Crippen LogP contribution in [0.5, 0.6) is 0 Å². The Morgan fingerprint density at radius 1 is 1.12 bits per heavy atom. The molecule has 0 radical (unpaired) electrons. The van der Waals surface area contributed by atoms with Crippen molar-refractivity contribution in [3.63, 3.8) is 0 Å². The molecule has 34 heavy (non-hydrogen) atoms. The average molecular weight is 480 g/mol. The zero-order chi connectivity index (χ0) is 23.9. The molecule has 1 aliphatic heterocycles.